The van der Waals surface area contributed by atoms with E-state index < -0.39 is 25.1 Å². The number of sulfone groups is 1. The lowest BCUT2D eigenvalue weighted by Crippen LogP contribution is -2.36. The molecule has 1 saturated heterocycles. The molecule has 19 heavy (non-hydrogen) atoms. The Labute approximate surface area is 116 Å². The number of anilines is 1. The highest BCUT2D eigenvalue weighted by Crippen LogP contribution is 2.20. The topological polar surface area (TPSA) is 106 Å². The molecule has 7 nitrogen and oxygen atoms in total. The number of nitrogens with zero attached hydrogens (tertiary/aromatic N) is 2. The van der Waals surface area contributed by atoms with Crippen LogP contribution in [0.4, 0.5) is 5.95 Å². The average Bonchev–Trinajstić information content (AvgIpc) is 2.27. The Bertz CT molecular complexity index is 660. The van der Waals surface area contributed by atoms with Crippen molar-refractivity contribution in [2.24, 2.45) is 0 Å². The van der Waals surface area contributed by atoms with Crippen LogP contribution in [0.3, 0.4) is 0 Å². The van der Waals surface area contributed by atoms with E-state index in [1.807, 2.05) is 0 Å². The first-order chi connectivity index (χ1) is 8.78. The molecule has 0 radical (unpaired) electrons. The largest absolute Gasteiger partial charge is 0.251 e. The van der Waals surface area contributed by atoms with E-state index in [1.54, 1.807) is 0 Å². The first kappa shape index (κ1) is 14.5. The van der Waals surface area contributed by atoms with Crippen molar-refractivity contribution in [1.82, 2.24) is 9.97 Å². The Hall–Kier alpha value is -0.930. The Morgan fingerprint density at radius 2 is 1.95 bits per heavy atom. The zero-order valence-electron chi connectivity index (χ0n) is 9.78. The summed E-state index contributed by atoms with van der Waals surface area (Å²) in [6.45, 7) is 0. The first-order valence-electron chi connectivity index (χ1n) is 5.49. The lowest BCUT2D eigenvalue weighted by atomic mass is 10.2. The van der Waals surface area contributed by atoms with Gasteiger partial charge in [0.15, 0.2) is 0 Å². The summed E-state index contributed by atoms with van der Waals surface area (Å²) in [6.07, 6.45) is 1.50. The van der Waals surface area contributed by atoms with E-state index in [4.69, 9.17) is 11.6 Å². The zero-order valence-corrected chi connectivity index (χ0v) is 12.2. The molecule has 0 spiro atoms. The third-order valence-electron chi connectivity index (χ3n) is 2.80. The Morgan fingerprint density at radius 1 is 1.32 bits per heavy atom. The van der Waals surface area contributed by atoms with Crippen LogP contribution in [0, 0.1) is 0 Å². The van der Waals surface area contributed by atoms with Crippen molar-refractivity contribution in [3.8, 4) is 0 Å². The van der Waals surface area contributed by atoms with Gasteiger partial charge in [0.05, 0.1) is 16.8 Å². The molecule has 0 unspecified atom stereocenters. The van der Waals surface area contributed by atoms with Crippen LogP contribution in [0.5, 0.6) is 0 Å². The van der Waals surface area contributed by atoms with E-state index in [9.17, 15) is 16.8 Å². The maximum Gasteiger partial charge on any atom is 0.238 e. The van der Waals surface area contributed by atoms with Gasteiger partial charge < -0.3 is 0 Å². The van der Waals surface area contributed by atoms with Crippen molar-refractivity contribution in [3.63, 3.8) is 0 Å². The van der Waals surface area contributed by atoms with Crippen LogP contribution in [0.15, 0.2) is 12.3 Å². The minimum Gasteiger partial charge on any atom is -0.251 e. The smallest absolute Gasteiger partial charge is 0.238 e. The molecule has 1 aromatic heterocycles. The van der Waals surface area contributed by atoms with Gasteiger partial charge in [-0.05, 0) is 18.9 Å². The first-order valence-corrected chi connectivity index (χ1v) is 9.24. The highest BCUT2D eigenvalue weighted by Gasteiger charge is 2.33. The van der Waals surface area contributed by atoms with Crippen molar-refractivity contribution in [1.29, 1.82) is 0 Å². The van der Waals surface area contributed by atoms with Crippen molar-refractivity contribution >= 4 is 37.4 Å². The summed E-state index contributed by atoms with van der Waals surface area (Å²) in [7, 11) is -6.80. The molecule has 0 aliphatic carbocycles. The molecule has 0 saturated carbocycles. The highest BCUT2D eigenvalue weighted by molar-refractivity contribution is 7.94. The molecular weight excluding hydrogens is 314 g/mol. The van der Waals surface area contributed by atoms with Gasteiger partial charge in [-0.25, -0.2) is 26.8 Å². The van der Waals surface area contributed by atoms with E-state index in [1.165, 1.54) is 12.3 Å². The van der Waals surface area contributed by atoms with Gasteiger partial charge in [-0.2, -0.15) is 0 Å². The monoisotopic (exact) mass is 325 g/mol. The van der Waals surface area contributed by atoms with Crippen LogP contribution in [0.1, 0.15) is 12.8 Å². The molecule has 1 aliphatic rings. The normalized spacial score (nSPS) is 20.1. The molecule has 0 bridgehead atoms. The van der Waals surface area contributed by atoms with Crippen molar-refractivity contribution in [3.05, 3.63) is 17.4 Å². The number of nitrogens with one attached hydrogen (secondary N) is 1. The molecule has 0 amide bonds. The summed E-state index contributed by atoms with van der Waals surface area (Å²) in [4.78, 5) is 7.47. The SMILES string of the molecule is O=S1(=O)CCC(S(=O)(=O)Nc2nccc(Cl)n2)CC1. The van der Waals surface area contributed by atoms with Gasteiger partial charge in [0, 0.05) is 6.20 Å². The molecule has 2 heterocycles. The lowest BCUT2D eigenvalue weighted by molar-refractivity contribution is 0.555. The van der Waals surface area contributed by atoms with Gasteiger partial charge in [0.1, 0.15) is 15.0 Å². The molecule has 10 heteroatoms. The Balaban J connectivity index is 2.11. The molecule has 2 rings (SSSR count). The number of rotatable bonds is 3. The fourth-order valence-electron chi connectivity index (χ4n) is 1.78. The average molecular weight is 326 g/mol. The fourth-order valence-corrected chi connectivity index (χ4v) is 5.08. The van der Waals surface area contributed by atoms with Crippen molar-refractivity contribution in [2.75, 3.05) is 16.2 Å². The second kappa shape index (κ2) is 5.22. The molecule has 106 valence electrons. The lowest BCUT2D eigenvalue weighted by Gasteiger charge is -2.22. The molecule has 1 fully saturated rings. The second-order valence-electron chi connectivity index (χ2n) is 4.20. The van der Waals surface area contributed by atoms with Crippen LogP contribution in [0.25, 0.3) is 0 Å². The predicted molar refractivity (Wildman–Crippen MR) is 71.3 cm³/mol. The van der Waals surface area contributed by atoms with Crippen molar-refractivity contribution in [2.45, 2.75) is 18.1 Å². The molecule has 1 N–H and O–H groups in total. The quantitative estimate of drug-likeness (QED) is 0.809. The van der Waals surface area contributed by atoms with Gasteiger partial charge in [-0.1, -0.05) is 11.6 Å². The minimum atomic E-state index is -3.70. The second-order valence-corrected chi connectivity index (χ2v) is 8.85. The highest BCUT2D eigenvalue weighted by atomic mass is 35.5. The van der Waals surface area contributed by atoms with E-state index in [2.05, 4.69) is 14.7 Å². The van der Waals surface area contributed by atoms with E-state index in [0.29, 0.717) is 0 Å². The summed E-state index contributed by atoms with van der Waals surface area (Å²) in [5, 5.41) is -0.627. The van der Waals surface area contributed by atoms with Crippen LogP contribution in [-0.2, 0) is 19.9 Å². The van der Waals surface area contributed by atoms with Gasteiger partial charge >= 0.3 is 0 Å². The number of hydrogen-bond acceptors (Lipinski definition) is 6. The maximum atomic E-state index is 12.0. The molecule has 1 aliphatic heterocycles. The van der Waals surface area contributed by atoms with Gasteiger partial charge in [-0.15, -0.1) is 0 Å². The zero-order chi connectivity index (χ0) is 14.1. The summed E-state index contributed by atoms with van der Waals surface area (Å²) >= 11 is 5.63. The van der Waals surface area contributed by atoms with Crippen LogP contribution >= 0.6 is 11.6 Å². The van der Waals surface area contributed by atoms with Crippen LogP contribution < -0.4 is 4.72 Å². The number of aromatic nitrogens is 2. The maximum absolute atomic E-state index is 12.0. The number of halogens is 1. The number of hydrogen-bond donors (Lipinski definition) is 1. The van der Waals surface area contributed by atoms with Crippen molar-refractivity contribution < 1.29 is 16.8 Å². The summed E-state index contributed by atoms with van der Waals surface area (Å²) in [5.41, 5.74) is 0. The fraction of sp³-hybridized carbons (Fsp3) is 0.556. The van der Waals surface area contributed by atoms with E-state index >= 15 is 0 Å². The number of sulfonamides is 1. The molecule has 0 atom stereocenters. The molecule has 1 aromatic rings. The Morgan fingerprint density at radius 3 is 2.53 bits per heavy atom. The molecular formula is C9H12ClN3O4S2. The Kier molecular flexibility index (Phi) is 3.98. The van der Waals surface area contributed by atoms with Gasteiger partial charge in [0.25, 0.3) is 0 Å². The third kappa shape index (κ3) is 3.77. The van der Waals surface area contributed by atoms with Gasteiger partial charge in [0.2, 0.25) is 16.0 Å². The van der Waals surface area contributed by atoms with Crippen LogP contribution in [0.2, 0.25) is 5.15 Å². The predicted octanol–water partition coefficient (Wildman–Crippen LogP) is 0.449. The van der Waals surface area contributed by atoms with E-state index in [-0.39, 0.29) is 35.4 Å². The minimum absolute atomic E-state index is 0.0816. The van der Waals surface area contributed by atoms with Crippen LogP contribution in [-0.4, -0.2) is 43.6 Å². The standard InChI is InChI=1S/C9H12ClN3O4S2/c10-8-1-4-11-9(12-8)13-19(16,17)7-2-5-18(14,15)6-3-7/h1,4,7H,2-3,5-6H2,(H,11,12,13). The molecule has 0 aromatic carbocycles. The summed E-state index contributed by atoms with van der Waals surface area (Å²) < 4.78 is 48.9. The third-order valence-corrected chi connectivity index (χ3v) is 6.54. The summed E-state index contributed by atoms with van der Waals surface area (Å²) in [6, 6.07) is 1.42. The van der Waals surface area contributed by atoms with Gasteiger partial charge in [-0.3, -0.25) is 4.72 Å². The summed E-state index contributed by atoms with van der Waals surface area (Å²) in [5.74, 6) is -0.342. The van der Waals surface area contributed by atoms with E-state index in [0.717, 1.165) is 0 Å².